The Bertz CT molecular complexity index is 127. The molecule has 12 heavy (non-hydrogen) atoms. The Balaban J connectivity index is -0.0000000457. The van der Waals surface area contributed by atoms with Gasteiger partial charge in [0.1, 0.15) is 0 Å². The summed E-state index contributed by atoms with van der Waals surface area (Å²) in [6, 6.07) is 0. The monoisotopic (exact) mass is 247 g/mol. The molecule has 0 aliphatic heterocycles. The molecule has 9 N–H and O–H groups in total. The molecule has 0 radical (unpaired) electrons. The van der Waals surface area contributed by atoms with Crippen molar-refractivity contribution in [1.82, 2.24) is 6.15 Å². The van der Waals surface area contributed by atoms with Crippen molar-refractivity contribution >= 4 is 25.5 Å². The molecule has 0 saturated heterocycles. The van der Waals surface area contributed by atoms with Crippen LogP contribution in [-0.4, -0.2) is 29.4 Å². The quantitative estimate of drug-likeness (QED) is 0.246. The molecule has 12 heteroatoms. The summed E-state index contributed by atoms with van der Waals surface area (Å²) < 4.78 is 17.8. The van der Waals surface area contributed by atoms with E-state index in [2.05, 4.69) is 0 Å². The third-order valence-corrected chi connectivity index (χ3v) is 0. The van der Waals surface area contributed by atoms with Gasteiger partial charge in [-0.05, 0) is 0 Å². The Hall–Kier alpha value is 0.610. The highest BCUT2D eigenvalue weighted by molar-refractivity contribution is 7.45. The maximum absolute atomic E-state index is 8.88. The van der Waals surface area contributed by atoms with Crippen molar-refractivity contribution in [2.75, 3.05) is 0 Å². The van der Waals surface area contributed by atoms with Crippen LogP contribution >= 0.6 is 25.5 Å². The van der Waals surface area contributed by atoms with Gasteiger partial charge in [-0.1, -0.05) is 0 Å². The minimum atomic E-state index is -4.64. The topological polar surface area (TPSA) is 191 Å². The van der Waals surface area contributed by atoms with Crippen molar-refractivity contribution in [2.45, 2.75) is 0 Å². The summed E-state index contributed by atoms with van der Waals surface area (Å²) in [5, 5.41) is 0. The highest BCUT2D eigenvalue weighted by atomic mass is 31.2. The van der Waals surface area contributed by atoms with Gasteiger partial charge in [0.15, 0.2) is 0 Å². The van der Waals surface area contributed by atoms with Crippen LogP contribution in [0.4, 0.5) is 0 Å². The summed E-state index contributed by atoms with van der Waals surface area (Å²) >= 11 is 0. The first kappa shape index (κ1) is 22.9. The number of phosphoric acid groups is 2. The van der Waals surface area contributed by atoms with Gasteiger partial charge in [0.25, 0.3) is 0 Å². The van der Waals surface area contributed by atoms with Gasteiger partial charge in [-0.2, -0.15) is 9.90 Å². The van der Waals surface area contributed by atoms with Crippen molar-refractivity contribution in [2.24, 2.45) is 0 Å². The van der Waals surface area contributed by atoms with Crippen LogP contribution in [0.2, 0.25) is 0 Å². The Kier molecular flexibility index (Phi) is 15.7. The van der Waals surface area contributed by atoms with Gasteiger partial charge in [0, 0.05) is 0 Å². The predicted octanol–water partition coefficient (Wildman–Crippen LogP) is -1.64. The SMILES string of the molecule is N.O=P(O)(O)O.O=P(O)(O)O.P. The van der Waals surface area contributed by atoms with Crippen LogP contribution < -0.4 is 6.15 Å². The first-order chi connectivity index (χ1) is 4.00. The number of rotatable bonds is 0. The molecule has 0 rings (SSSR count). The first-order valence-electron chi connectivity index (χ1n) is 1.57. The zero-order valence-corrected chi connectivity index (χ0v) is 9.01. The van der Waals surface area contributed by atoms with Crippen LogP contribution in [0.15, 0.2) is 0 Å². The van der Waals surface area contributed by atoms with Crippen LogP contribution in [0.1, 0.15) is 0 Å². The molecular weight excluding hydrogens is 235 g/mol. The fourth-order valence-corrected chi connectivity index (χ4v) is 0. The fraction of sp³-hybridized carbons (Fsp3) is 0. The van der Waals surface area contributed by atoms with Gasteiger partial charge in [-0.15, -0.1) is 0 Å². The Morgan fingerprint density at radius 2 is 0.667 bits per heavy atom. The maximum Gasteiger partial charge on any atom is 0.466 e. The van der Waals surface area contributed by atoms with Gasteiger partial charge in [-0.25, -0.2) is 9.13 Å². The molecule has 0 aliphatic carbocycles. The smallest absolute Gasteiger partial charge is 0.344 e. The second kappa shape index (κ2) is 8.22. The normalized spacial score (nSPS) is 9.83. The predicted molar refractivity (Wildman–Crippen MR) is 44.7 cm³/mol. The second-order valence-corrected chi connectivity index (χ2v) is 3.08. The molecule has 0 saturated carbocycles. The van der Waals surface area contributed by atoms with E-state index in [0.29, 0.717) is 0 Å². The van der Waals surface area contributed by atoms with Gasteiger partial charge in [0.05, 0.1) is 0 Å². The average Bonchev–Trinajstić information content (AvgIpc) is 1.12. The molecule has 0 heterocycles. The lowest BCUT2D eigenvalue weighted by Gasteiger charge is -1.82. The molecule has 0 amide bonds. The van der Waals surface area contributed by atoms with E-state index in [9.17, 15) is 0 Å². The van der Waals surface area contributed by atoms with Crippen LogP contribution in [0.3, 0.4) is 0 Å². The summed E-state index contributed by atoms with van der Waals surface area (Å²) in [6.07, 6.45) is 0. The van der Waals surface area contributed by atoms with E-state index in [0.717, 1.165) is 0 Å². The van der Waals surface area contributed by atoms with Crippen LogP contribution in [0.5, 0.6) is 0 Å². The standard InChI is InChI=1S/H3N.2H3O4P.H3P/c;2*1-5(2,3)4;/h1H3;2*(H3,1,2,3,4);1H3. The van der Waals surface area contributed by atoms with E-state index in [4.69, 9.17) is 38.5 Å². The van der Waals surface area contributed by atoms with Gasteiger partial charge in [-0.3, -0.25) is 0 Å². The van der Waals surface area contributed by atoms with Gasteiger partial charge < -0.3 is 35.5 Å². The summed E-state index contributed by atoms with van der Waals surface area (Å²) in [7, 11) is -9.28. The molecule has 0 aromatic heterocycles. The molecule has 0 spiro atoms. The van der Waals surface area contributed by atoms with E-state index in [1.54, 1.807) is 0 Å². The third-order valence-electron chi connectivity index (χ3n) is 0. The third kappa shape index (κ3) is 2630. The van der Waals surface area contributed by atoms with Crippen molar-refractivity contribution in [3.63, 3.8) is 0 Å². The van der Waals surface area contributed by atoms with E-state index >= 15 is 0 Å². The lowest BCUT2D eigenvalue weighted by Crippen LogP contribution is -1.66. The summed E-state index contributed by atoms with van der Waals surface area (Å²) in [6.45, 7) is 0. The summed E-state index contributed by atoms with van der Waals surface area (Å²) in [5.41, 5.74) is 0. The molecule has 0 aromatic rings. The minimum Gasteiger partial charge on any atom is -0.344 e. The largest absolute Gasteiger partial charge is 0.466 e. The number of hydrogen-bond acceptors (Lipinski definition) is 3. The average molecular weight is 247 g/mol. The van der Waals surface area contributed by atoms with E-state index in [1.165, 1.54) is 0 Å². The van der Waals surface area contributed by atoms with E-state index in [-0.39, 0.29) is 16.0 Å². The molecule has 9 nitrogen and oxygen atoms in total. The van der Waals surface area contributed by atoms with Gasteiger partial charge in [0.2, 0.25) is 0 Å². The zero-order chi connectivity index (χ0) is 9.00. The summed E-state index contributed by atoms with van der Waals surface area (Å²) in [5.74, 6) is 0. The van der Waals surface area contributed by atoms with E-state index in [1.807, 2.05) is 0 Å². The molecule has 1 unspecified atom stereocenters. The highest BCUT2D eigenvalue weighted by Crippen LogP contribution is 2.26. The van der Waals surface area contributed by atoms with Crippen LogP contribution in [0, 0.1) is 0 Å². The molecule has 0 aromatic carbocycles. The summed E-state index contributed by atoms with van der Waals surface area (Å²) in [4.78, 5) is 43.1. The number of hydrogen-bond donors (Lipinski definition) is 7. The zero-order valence-electron chi connectivity index (χ0n) is 5.81. The van der Waals surface area contributed by atoms with E-state index < -0.39 is 15.6 Å². The van der Waals surface area contributed by atoms with Crippen molar-refractivity contribution in [3.8, 4) is 0 Å². The molecule has 0 bridgehead atoms. The molecule has 1 atom stereocenters. The van der Waals surface area contributed by atoms with Gasteiger partial charge >= 0.3 is 15.6 Å². The Morgan fingerprint density at radius 1 is 0.667 bits per heavy atom. The molecular formula is H12NO8P3. The van der Waals surface area contributed by atoms with Crippen LogP contribution in [-0.2, 0) is 9.13 Å². The highest BCUT2D eigenvalue weighted by Gasteiger charge is 2.00. The van der Waals surface area contributed by atoms with Crippen molar-refractivity contribution in [1.29, 1.82) is 0 Å². The van der Waals surface area contributed by atoms with Crippen molar-refractivity contribution in [3.05, 3.63) is 0 Å². The Labute approximate surface area is 71.1 Å². The lowest BCUT2D eigenvalue weighted by atomic mass is 14.0. The van der Waals surface area contributed by atoms with Crippen molar-refractivity contribution < 1.29 is 38.5 Å². The molecule has 80 valence electrons. The van der Waals surface area contributed by atoms with Crippen LogP contribution in [0.25, 0.3) is 0 Å². The fourth-order valence-electron chi connectivity index (χ4n) is 0. The first-order valence-corrected chi connectivity index (χ1v) is 4.70. The lowest BCUT2D eigenvalue weighted by molar-refractivity contribution is 0.272. The molecule has 0 fully saturated rings. The second-order valence-electron chi connectivity index (χ2n) is 1.03. The minimum absolute atomic E-state index is 0. The molecule has 0 aliphatic rings. The Morgan fingerprint density at radius 3 is 0.667 bits per heavy atom. The maximum atomic E-state index is 8.88.